The third-order valence-electron chi connectivity index (χ3n) is 4.77. The van der Waals surface area contributed by atoms with Gasteiger partial charge < -0.3 is 15.5 Å². The molecule has 1 aliphatic carbocycles. The highest BCUT2D eigenvalue weighted by Crippen LogP contribution is 2.35. The molecule has 120 valence electrons. The van der Waals surface area contributed by atoms with Gasteiger partial charge in [-0.2, -0.15) is 0 Å². The van der Waals surface area contributed by atoms with Gasteiger partial charge in [-0.3, -0.25) is 9.98 Å². The minimum Gasteiger partial charge on any atom is -0.367 e. The average Bonchev–Trinajstić information content (AvgIpc) is 2.99. The normalized spacial score (nSPS) is 25.0. The summed E-state index contributed by atoms with van der Waals surface area (Å²) in [4.78, 5) is 15.1. The van der Waals surface area contributed by atoms with E-state index in [9.17, 15) is 0 Å². The van der Waals surface area contributed by atoms with E-state index in [4.69, 9.17) is 0 Å². The van der Waals surface area contributed by atoms with Crippen molar-refractivity contribution in [3.05, 3.63) is 18.6 Å². The van der Waals surface area contributed by atoms with Gasteiger partial charge >= 0.3 is 0 Å². The number of rotatable bonds is 4. The number of fused-ring (bicyclic) bond motifs is 1. The third-order valence-corrected chi connectivity index (χ3v) is 4.77. The molecular formula is C16H26N6. The first-order chi connectivity index (χ1) is 10.9. The number of likely N-dealkylation sites (tertiary alicyclic amines) is 1. The summed E-state index contributed by atoms with van der Waals surface area (Å²) in [5.41, 5.74) is 0. The molecule has 2 fully saturated rings. The van der Waals surface area contributed by atoms with Crippen LogP contribution in [0.5, 0.6) is 0 Å². The molecule has 3 rings (SSSR count). The Morgan fingerprint density at radius 1 is 1.23 bits per heavy atom. The number of hydrogen-bond acceptors (Lipinski definition) is 4. The lowest BCUT2D eigenvalue weighted by Gasteiger charge is -2.22. The summed E-state index contributed by atoms with van der Waals surface area (Å²) in [6, 6.07) is 0. The van der Waals surface area contributed by atoms with Crippen LogP contribution < -0.4 is 10.6 Å². The Morgan fingerprint density at radius 2 is 2.00 bits per heavy atom. The van der Waals surface area contributed by atoms with Gasteiger partial charge in [0.2, 0.25) is 0 Å². The largest absolute Gasteiger partial charge is 0.367 e. The fourth-order valence-corrected chi connectivity index (χ4v) is 3.67. The molecule has 0 bridgehead atoms. The molecule has 6 heteroatoms. The molecular weight excluding hydrogens is 276 g/mol. The zero-order valence-corrected chi connectivity index (χ0v) is 13.3. The highest BCUT2D eigenvalue weighted by atomic mass is 15.3. The minimum atomic E-state index is 0.804. The zero-order valence-electron chi connectivity index (χ0n) is 13.3. The van der Waals surface area contributed by atoms with E-state index in [0.717, 1.165) is 36.7 Å². The van der Waals surface area contributed by atoms with E-state index in [1.807, 2.05) is 7.05 Å². The maximum atomic E-state index is 4.45. The van der Waals surface area contributed by atoms with E-state index in [1.54, 1.807) is 18.6 Å². The summed E-state index contributed by atoms with van der Waals surface area (Å²) in [5, 5.41) is 6.71. The molecule has 2 aliphatic rings. The molecule has 2 unspecified atom stereocenters. The van der Waals surface area contributed by atoms with Crippen LogP contribution in [-0.2, 0) is 0 Å². The highest BCUT2D eigenvalue weighted by molar-refractivity contribution is 5.80. The second kappa shape index (κ2) is 7.42. The van der Waals surface area contributed by atoms with Crippen LogP contribution in [0.4, 0.5) is 5.82 Å². The third kappa shape index (κ3) is 3.67. The van der Waals surface area contributed by atoms with Gasteiger partial charge in [-0.05, 0) is 24.7 Å². The van der Waals surface area contributed by atoms with Gasteiger partial charge in [0.1, 0.15) is 5.82 Å². The molecule has 0 amide bonds. The molecule has 1 aromatic heterocycles. The Morgan fingerprint density at radius 3 is 2.64 bits per heavy atom. The van der Waals surface area contributed by atoms with Crippen molar-refractivity contribution in [3.63, 3.8) is 0 Å². The molecule has 0 aromatic carbocycles. The fourth-order valence-electron chi connectivity index (χ4n) is 3.67. The maximum absolute atomic E-state index is 4.45. The van der Waals surface area contributed by atoms with E-state index in [2.05, 4.69) is 30.5 Å². The molecule has 2 atom stereocenters. The summed E-state index contributed by atoms with van der Waals surface area (Å²) in [6.07, 6.45) is 10.7. The number of anilines is 1. The van der Waals surface area contributed by atoms with Gasteiger partial charge in [-0.1, -0.05) is 12.8 Å². The quantitative estimate of drug-likeness (QED) is 0.502. The lowest BCUT2D eigenvalue weighted by atomic mass is 9.82. The van der Waals surface area contributed by atoms with Gasteiger partial charge in [0.05, 0.1) is 6.20 Å². The molecule has 1 saturated carbocycles. The first-order valence-corrected chi connectivity index (χ1v) is 8.32. The maximum Gasteiger partial charge on any atom is 0.193 e. The first-order valence-electron chi connectivity index (χ1n) is 8.32. The molecule has 0 spiro atoms. The predicted octanol–water partition coefficient (Wildman–Crippen LogP) is 1.59. The highest BCUT2D eigenvalue weighted by Gasteiger charge is 2.35. The van der Waals surface area contributed by atoms with Crippen LogP contribution in [0.1, 0.15) is 25.7 Å². The van der Waals surface area contributed by atoms with Crippen molar-refractivity contribution in [1.29, 1.82) is 0 Å². The van der Waals surface area contributed by atoms with E-state index in [1.165, 1.54) is 38.8 Å². The SMILES string of the molecule is CN=C(NCCNc1cnccn1)N1CC2CCCCC2C1. The summed E-state index contributed by atoms with van der Waals surface area (Å²) in [5.74, 6) is 3.61. The molecule has 2 N–H and O–H groups in total. The van der Waals surface area contributed by atoms with Crippen LogP contribution in [-0.4, -0.2) is 54.1 Å². The van der Waals surface area contributed by atoms with Gasteiger partial charge in [0.25, 0.3) is 0 Å². The van der Waals surface area contributed by atoms with Crippen molar-refractivity contribution in [2.24, 2.45) is 16.8 Å². The van der Waals surface area contributed by atoms with Crippen molar-refractivity contribution < 1.29 is 0 Å². The van der Waals surface area contributed by atoms with Crippen molar-refractivity contribution in [2.75, 3.05) is 38.5 Å². The number of guanidine groups is 1. The molecule has 6 nitrogen and oxygen atoms in total. The molecule has 22 heavy (non-hydrogen) atoms. The molecule has 0 radical (unpaired) electrons. The van der Waals surface area contributed by atoms with E-state index in [-0.39, 0.29) is 0 Å². The van der Waals surface area contributed by atoms with Crippen LogP contribution in [0.25, 0.3) is 0 Å². The zero-order chi connectivity index (χ0) is 15.2. The Labute approximate surface area is 132 Å². The van der Waals surface area contributed by atoms with Crippen molar-refractivity contribution in [2.45, 2.75) is 25.7 Å². The molecule has 1 aromatic rings. The lowest BCUT2D eigenvalue weighted by molar-refractivity contribution is 0.299. The van der Waals surface area contributed by atoms with Gasteiger partial charge in [-0.25, -0.2) is 4.98 Å². The average molecular weight is 302 g/mol. The lowest BCUT2D eigenvalue weighted by Crippen LogP contribution is -2.42. The Kier molecular flexibility index (Phi) is 5.08. The number of nitrogens with zero attached hydrogens (tertiary/aromatic N) is 4. The Balaban J connectivity index is 1.43. The smallest absolute Gasteiger partial charge is 0.193 e. The summed E-state index contributed by atoms with van der Waals surface area (Å²) < 4.78 is 0. The summed E-state index contributed by atoms with van der Waals surface area (Å²) >= 11 is 0. The minimum absolute atomic E-state index is 0.804. The second-order valence-electron chi connectivity index (χ2n) is 6.20. The number of nitrogens with one attached hydrogen (secondary N) is 2. The number of aliphatic imine (C=N–C) groups is 1. The number of aromatic nitrogens is 2. The van der Waals surface area contributed by atoms with Gasteiger partial charge in [0.15, 0.2) is 5.96 Å². The van der Waals surface area contributed by atoms with E-state index >= 15 is 0 Å². The van der Waals surface area contributed by atoms with Crippen molar-refractivity contribution in [1.82, 2.24) is 20.2 Å². The van der Waals surface area contributed by atoms with Gasteiger partial charge in [0, 0.05) is 45.6 Å². The second-order valence-corrected chi connectivity index (χ2v) is 6.20. The Hall–Kier alpha value is -1.85. The monoisotopic (exact) mass is 302 g/mol. The molecule has 2 heterocycles. The predicted molar refractivity (Wildman–Crippen MR) is 88.9 cm³/mol. The standard InChI is InChI=1S/C16H26N6/c1-17-16(21-9-8-20-15-10-18-6-7-19-15)22-11-13-4-2-3-5-14(13)12-22/h6-7,10,13-14H,2-5,8-9,11-12H2,1H3,(H,17,21)(H,19,20). The van der Waals surface area contributed by atoms with E-state index < -0.39 is 0 Å². The van der Waals surface area contributed by atoms with E-state index in [0.29, 0.717) is 0 Å². The summed E-state index contributed by atoms with van der Waals surface area (Å²) in [7, 11) is 1.88. The van der Waals surface area contributed by atoms with Gasteiger partial charge in [-0.15, -0.1) is 0 Å². The Bertz CT molecular complexity index is 475. The molecule has 1 aliphatic heterocycles. The number of hydrogen-bond donors (Lipinski definition) is 2. The van der Waals surface area contributed by atoms with Crippen LogP contribution in [0, 0.1) is 11.8 Å². The van der Waals surface area contributed by atoms with Crippen molar-refractivity contribution >= 4 is 11.8 Å². The topological polar surface area (TPSA) is 65.4 Å². The van der Waals surface area contributed by atoms with Crippen LogP contribution in [0.15, 0.2) is 23.6 Å². The van der Waals surface area contributed by atoms with Crippen LogP contribution in [0.3, 0.4) is 0 Å². The fraction of sp³-hybridized carbons (Fsp3) is 0.688. The van der Waals surface area contributed by atoms with Crippen LogP contribution >= 0.6 is 0 Å². The van der Waals surface area contributed by atoms with Crippen LogP contribution in [0.2, 0.25) is 0 Å². The van der Waals surface area contributed by atoms with Crippen molar-refractivity contribution in [3.8, 4) is 0 Å². The summed E-state index contributed by atoms with van der Waals surface area (Å²) in [6.45, 7) is 3.97. The molecule has 1 saturated heterocycles. The first kappa shape index (κ1) is 15.1.